The number of fused-ring (bicyclic) bond motifs is 1. The lowest BCUT2D eigenvalue weighted by molar-refractivity contribution is -0.122. The Kier molecular flexibility index (Phi) is 6.24. The number of carbonyl (C=O) groups is 2. The Balaban J connectivity index is 2.02. The smallest absolute Gasteiger partial charge is 0.264 e. The highest BCUT2D eigenvalue weighted by molar-refractivity contribution is 9.10. The molecule has 0 fully saturated rings. The molecule has 0 spiro atoms. The first-order valence-corrected chi connectivity index (χ1v) is 11.3. The molecule has 0 saturated carbocycles. The van der Waals surface area contributed by atoms with Crippen LogP contribution in [0.15, 0.2) is 57.4 Å². The van der Waals surface area contributed by atoms with Gasteiger partial charge in [0, 0.05) is 16.6 Å². The molecule has 2 aromatic carbocycles. The van der Waals surface area contributed by atoms with Gasteiger partial charge in [-0.2, -0.15) is 0 Å². The lowest BCUT2D eigenvalue weighted by Gasteiger charge is -2.25. The fourth-order valence-electron chi connectivity index (χ4n) is 3.04. The lowest BCUT2D eigenvalue weighted by atomic mass is 10.1. The topological polar surface area (TPSA) is 83.6 Å². The predicted octanol–water partition coefficient (Wildman–Crippen LogP) is 3.45. The van der Waals surface area contributed by atoms with Gasteiger partial charge in [0.05, 0.1) is 17.1 Å². The van der Waals surface area contributed by atoms with Crippen LogP contribution in [0.5, 0.6) is 0 Å². The average Bonchev–Trinajstić information content (AvgIpc) is 2.86. The van der Waals surface area contributed by atoms with Crippen LogP contribution >= 0.6 is 15.9 Å². The van der Waals surface area contributed by atoms with E-state index >= 15 is 0 Å². The van der Waals surface area contributed by atoms with Gasteiger partial charge < -0.3 is 5.32 Å². The summed E-state index contributed by atoms with van der Waals surface area (Å²) in [6.07, 6.45) is 1.91. The van der Waals surface area contributed by atoms with Gasteiger partial charge in [-0.25, -0.2) is 8.42 Å². The number of ketones is 1. The monoisotopic (exact) mass is 476 g/mol. The van der Waals surface area contributed by atoms with E-state index in [1.807, 2.05) is 6.92 Å². The molecule has 0 aliphatic carbocycles. The average molecular weight is 477 g/mol. The third kappa shape index (κ3) is 4.76. The molecule has 1 aliphatic rings. The highest BCUT2D eigenvalue weighted by Crippen LogP contribution is 2.34. The van der Waals surface area contributed by atoms with Crippen LogP contribution in [-0.2, 0) is 19.6 Å². The van der Waals surface area contributed by atoms with E-state index in [0.29, 0.717) is 16.8 Å². The van der Waals surface area contributed by atoms with E-state index in [4.69, 9.17) is 0 Å². The van der Waals surface area contributed by atoms with E-state index in [0.717, 1.165) is 10.0 Å². The van der Waals surface area contributed by atoms with Crippen molar-refractivity contribution in [1.29, 1.82) is 0 Å². The number of nitrogens with one attached hydrogen (secondary N) is 1. The van der Waals surface area contributed by atoms with Crippen molar-refractivity contribution in [1.82, 2.24) is 5.32 Å². The van der Waals surface area contributed by atoms with Crippen molar-refractivity contribution in [2.24, 2.45) is 0 Å². The standard InChI is InChI=1S/C21H21BrN2O4S/c1-14-3-7-19(8-4-14)29(27,28)24-10-9-17(21(26)23-13-15(2)25)11-16-5-6-18(22)12-20(16)24/h3-8,11-12H,9-10,13H2,1-2H3,(H,23,26). The maximum absolute atomic E-state index is 13.4. The van der Waals surface area contributed by atoms with Crippen molar-refractivity contribution in [3.05, 3.63) is 63.6 Å². The van der Waals surface area contributed by atoms with Crippen LogP contribution in [0.3, 0.4) is 0 Å². The molecule has 3 rings (SSSR count). The number of nitrogens with zero attached hydrogens (tertiary/aromatic N) is 1. The van der Waals surface area contributed by atoms with Gasteiger partial charge >= 0.3 is 0 Å². The summed E-state index contributed by atoms with van der Waals surface area (Å²) in [5, 5.41) is 2.58. The molecule has 0 radical (unpaired) electrons. The molecule has 1 N–H and O–H groups in total. The van der Waals surface area contributed by atoms with Crippen molar-refractivity contribution in [3.8, 4) is 0 Å². The van der Waals surface area contributed by atoms with Crippen LogP contribution in [-0.4, -0.2) is 33.2 Å². The zero-order valence-electron chi connectivity index (χ0n) is 16.1. The van der Waals surface area contributed by atoms with Crippen LogP contribution in [0, 0.1) is 6.92 Å². The highest BCUT2D eigenvalue weighted by Gasteiger charge is 2.29. The number of anilines is 1. The third-order valence-corrected chi connectivity index (χ3v) is 6.89. The number of aryl methyl sites for hydroxylation is 1. The SMILES string of the molecule is CC(=O)CNC(=O)C1=Cc2ccc(Br)cc2N(S(=O)(=O)c2ccc(C)cc2)CC1. The van der Waals surface area contributed by atoms with Crippen molar-refractivity contribution in [2.75, 3.05) is 17.4 Å². The summed E-state index contributed by atoms with van der Waals surface area (Å²) in [7, 11) is -3.81. The molecule has 0 atom stereocenters. The van der Waals surface area contributed by atoms with Gasteiger partial charge in [0.15, 0.2) is 0 Å². The molecule has 1 heterocycles. The number of hydrogen-bond acceptors (Lipinski definition) is 4. The van der Waals surface area contributed by atoms with E-state index < -0.39 is 10.0 Å². The summed E-state index contributed by atoms with van der Waals surface area (Å²) >= 11 is 3.40. The lowest BCUT2D eigenvalue weighted by Crippen LogP contribution is -2.33. The quantitative estimate of drug-likeness (QED) is 0.715. The summed E-state index contributed by atoms with van der Waals surface area (Å²) in [5.41, 5.74) is 2.51. The molecule has 152 valence electrons. The number of rotatable bonds is 5. The molecule has 0 saturated heterocycles. The second-order valence-electron chi connectivity index (χ2n) is 6.90. The second-order valence-corrected chi connectivity index (χ2v) is 9.68. The van der Waals surface area contributed by atoms with Gasteiger partial charge in [0.1, 0.15) is 5.78 Å². The Morgan fingerprint density at radius 1 is 1.14 bits per heavy atom. The second kappa shape index (κ2) is 8.51. The molecule has 8 heteroatoms. The van der Waals surface area contributed by atoms with E-state index in [1.54, 1.807) is 48.5 Å². The van der Waals surface area contributed by atoms with E-state index in [-0.39, 0.29) is 36.1 Å². The van der Waals surface area contributed by atoms with Crippen LogP contribution in [0.4, 0.5) is 5.69 Å². The minimum atomic E-state index is -3.81. The Morgan fingerprint density at radius 2 is 1.83 bits per heavy atom. The van der Waals surface area contributed by atoms with Crippen molar-refractivity contribution < 1.29 is 18.0 Å². The number of hydrogen-bond donors (Lipinski definition) is 1. The van der Waals surface area contributed by atoms with Gasteiger partial charge in [0.25, 0.3) is 10.0 Å². The first-order valence-electron chi connectivity index (χ1n) is 9.05. The number of sulfonamides is 1. The van der Waals surface area contributed by atoms with Crippen LogP contribution < -0.4 is 9.62 Å². The number of Topliss-reactive ketones (excluding diaryl/α,β-unsaturated/α-hetero) is 1. The number of amides is 1. The molecule has 6 nitrogen and oxygen atoms in total. The Hall–Kier alpha value is -2.45. The zero-order valence-corrected chi connectivity index (χ0v) is 18.5. The molecule has 2 aromatic rings. The maximum atomic E-state index is 13.4. The molecule has 0 aromatic heterocycles. The van der Waals surface area contributed by atoms with Gasteiger partial charge in [0.2, 0.25) is 5.91 Å². The van der Waals surface area contributed by atoms with Gasteiger partial charge in [-0.3, -0.25) is 13.9 Å². The summed E-state index contributed by atoms with van der Waals surface area (Å²) in [4.78, 5) is 23.9. The molecule has 29 heavy (non-hydrogen) atoms. The van der Waals surface area contributed by atoms with Gasteiger partial charge in [-0.1, -0.05) is 39.7 Å². The Morgan fingerprint density at radius 3 is 2.48 bits per heavy atom. The predicted molar refractivity (Wildman–Crippen MR) is 116 cm³/mol. The summed E-state index contributed by atoms with van der Waals surface area (Å²) in [6.45, 7) is 3.34. The van der Waals surface area contributed by atoms with Gasteiger partial charge in [-0.05, 0) is 56.2 Å². The molecule has 1 aliphatic heterocycles. The van der Waals surface area contributed by atoms with Gasteiger partial charge in [-0.15, -0.1) is 0 Å². The fraction of sp³-hybridized carbons (Fsp3) is 0.238. The van der Waals surface area contributed by atoms with Crippen LogP contribution in [0.1, 0.15) is 24.5 Å². The highest BCUT2D eigenvalue weighted by atomic mass is 79.9. The summed E-state index contributed by atoms with van der Waals surface area (Å²) in [6, 6.07) is 12.0. The van der Waals surface area contributed by atoms with E-state index in [9.17, 15) is 18.0 Å². The molecule has 0 bridgehead atoms. The minimum Gasteiger partial charge on any atom is -0.345 e. The Bertz CT molecular complexity index is 1090. The summed E-state index contributed by atoms with van der Waals surface area (Å²) < 4.78 is 28.8. The van der Waals surface area contributed by atoms with E-state index in [1.165, 1.54) is 11.2 Å². The first-order chi connectivity index (χ1) is 13.7. The molecule has 0 unspecified atom stereocenters. The maximum Gasteiger partial charge on any atom is 0.264 e. The first kappa shape index (κ1) is 21.3. The number of carbonyl (C=O) groups excluding carboxylic acids is 2. The molecule has 1 amide bonds. The third-order valence-electron chi connectivity index (χ3n) is 4.57. The fourth-order valence-corrected chi connectivity index (χ4v) is 4.87. The number of halogens is 1. The zero-order chi connectivity index (χ0) is 21.2. The van der Waals surface area contributed by atoms with E-state index in [2.05, 4.69) is 21.2 Å². The Labute approximate surface area is 178 Å². The minimum absolute atomic E-state index is 0.0608. The van der Waals surface area contributed by atoms with Crippen molar-refractivity contribution in [3.63, 3.8) is 0 Å². The number of benzene rings is 2. The van der Waals surface area contributed by atoms with Crippen molar-refractivity contribution in [2.45, 2.75) is 25.2 Å². The normalized spacial score (nSPS) is 13.9. The summed E-state index contributed by atoms with van der Waals surface area (Å²) in [5.74, 6) is -0.524. The molecular weight excluding hydrogens is 456 g/mol. The van der Waals surface area contributed by atoms with Crippen LogP contribution in [0.25, 0.3) is 6.08 Å². The van der Waals surface area contributed by atoms with Crippen LogP contribution in [0.2, 0.25) is 0 Å². The molecular formula is C21H21BrN2O4S. The largest absolute Gasteiger partial charge is 0.345 e. The van der Waals surface area contributed by atoms with Crippen molar-refractivity contribution >= 4 is 49.4 Å².